The number of halogens is 3. The predicted molar refractivity (Wildman–Crippen MR) is 96.4 cm³/mol. The number of hydrogen-bond acceptors (Lipinski definition) is 6. The van der Waals surface area contributed by atoms with Gasteiger partial charge < -0.3 is 18.4 Å². The van der Waals surface area contributed by atoms with E-state index < -0.39 is 12.5 Å². The lowest BCUT2D eigenvalue weighted by molar-refractivity contribution is -0.274. The number of rotatable bonds is 5. The van der Waals surface area contributed by atoms with Crippen LogP contribution < -0.4 is 9.47 Å². The molecule has 0 saturated carbocycles. The Labute approximate surface area is 162 Å². The van der Waals surface area contributed by atoms with Crippen molar-refractivity contribution in [3.63, 3.8) is 0 Å². The van der Waals surface area contributed by atoms with E-state index >= 15 is 0 Å². The lowest BCUT2D eigenvalue weighted by Crippen LogP contribution is -2.16. The van der Waals surface area contributed by atoms with Gasteiger partial charge in [-0.15, -0.1) is 13.2 Å². The molecule has 2 aromatic carbocycles. The van der Waals surface area contributed by atoms with Crippen LogP contribution in [-0.2, 0) is 0 Å². The van der Waals surface area contributed by atoms with Crippen molar-refractivity contribution in [3.8, 4) is 22.8 Å². The summed E-state index contributed by atoms with van der Waals surface area (Å²) in [5.74, 6) is 1.06. The van der Waals surface area contributed by atoms with Crippen LogP contribution >= 0.6 is 0 Å². The van der Waals surface area contributed by atoms with Crippen molar-refractivity contribution in [1.82, 2.24) is 10.1 Å². The lowest BCUT2D eigenvalue weighted by atomic mass is 10.0. The number of fused-ring (bicyclic) bond motifs is 1. The van der Waals surface area contributed by atoms with Crippen LogP contribution in [0, 0.1) is 6.92 Å². The largest absolute Gasteiger partial charge is 0.573 e. The molecule has 4 rings (SSSR count). The zero-order chi connectivity index (χ0) is 20.6. The molecule has 0 bridgehead atoms. The first-order valence-electron chi connectivity index (χ1n) is 8.63. The van der Waals surface area contributed by atoms with Gasteiger partial charge in [-0.1, -0.05) is 18.2 Å². The Morgan fingerprint density at radius 2 is 1.76 bits per heavy atom. The maximum absolute atomic E-state index is 12.3. The van der Waals surface area contributed by atoms with Gasteiger partial charge in [0.15, 0.2) is 11.7 Å². The van der Waals surface area contributed by atoms with E-state index in [9.17, 15) is 13.2 Å². The number of alkyl halides is 3. The third-order valence-corrected chi connectivity index (χ3v) is 4.13. The van der Waals surface area contributed by atoms with Crippen LogP contribution in [0.2, 0.25) is 0 Å². The lowest BCUT2D eigenvalue weighted by Gasteiger charge is -2.10. The zero-order valence-electron chi connectivity index (χ0n) is 15.4. The van der Waals surface area contributed by atoms with Gasteiger partial charge in [0.1, 0.15) is 11.5 Å². The second-order valence-corrected chi connectivity index (χ2v) is 6.34. The van der Waals surface area contributed by atoms with Crippen LogP contribution in [0.25, 0.3) is 22.1 Å². The number of ether oxygens (including phenoxy) is 2. The molecule has 0 fully saturated rings. The average molecular weight is 404 g/mol. The summed E-state index contributed by atoms with van der Waals surface area (Å²) >= 11 is 0. The highest BCUT2D eigenvalue weighted by atomic mass is 19.4. The van der Waals surface area contributed by atoms with E-state index in [1.807, 2.05) is 0 Å². The molecule has 150 valence electrons. The number of nitrogens with zero attached hydrogens (tertiary/aromatic N) is 2. The molecule has 0 aliphatic heterocycles. The van der Waals surface area contributed by atoms with Crippen molar-refractivity contribution in [2.75, 3.05) is 0 Å². The normalized spacial score (nSPS) is 12.9. The minimum absolute atomic E-state index is 0.266. The first-order chi connectivity index (χ1) is 13.8. The van der Waals surface area contributed by atoms with E-state index in [2.05, 4.69) is 14.9 Å². The van der Waals surface area contributed by atoms with Crippen LogP contribution in [0.15, 0.2) is 57.6 Å². The summed E-state index contributed by atoms with van der Waals surface area (Å²) in [5.41, 5.74) is 1.96. The minimum Gasteiger partial charge on any atom is -0.462 e. The van der Waals surface area contributed by atoms with Gasteiger partial charge in [-0.25, -0.2) is 4.98 Å². The van der Waals surface area contributed by atoms with Crippen LogP contribution in [0.4, 0.5) is 13.2 Å². The van der Waals surface area contributed by atoms with Crippen molar-refractivity contribution in [1.29, 1.82) is 0 Å². The van der Waals surface area contributed by atoms with Gasteiger partial charge in [-0.3, -0.25) is 0 Å². The summed E-state index contributed by atoms with van der Waals surface area (Å²) < 4.78 is 57.4. The molecule has 0 spiro atoms. The van der Waals surface area contributed by atoms with Gasteiger partial charge in [0.05, 0.1) is 11.6 Å². The standard InChI is InChI=1S/C20H15F3N2O4/c1-11-10-24-18(26-11)12(2)27-19-16-9-14(5-8-17(16)29-25-19)13-3-6-15(7-4-13)28-20(21,22)23/h3-10,12H,1-2H3. The monoisotopic (exact) mass is 404 g/mol. The molecule has 1 atom stereocenters. The summed E-state index contributed by atoms with van der Waals surface area (Å²) in [6.45, 7) is 3.56. The third kappa shape index (κ3) is 4.18. The molecule has 1 unspecified atom stereocenters. The van der Waals surface area contributed by atoms with E-state index in [0.29, 0.717) is 28.2 Å². The van der Waals surface area contributed by atoms with Crippen LogP contribution in [0.3, 0.4) is 0 Å². The molecule has 0 aliphatic carbocycles. The molecule has 2 heterocycles. The average Bonchev–Trinajstić information content (AvgIpc) is 3.27. The molecule has 0 saturated heterocycles. The quantitative estimate of drug-likeness (QED) is 0.417. The van der Waals surface area contributed by atoms with Crippen molar-refractivity contribution < 1.29 is 31.6 Å². The topological polar surface area (TPSA) is 70.5 Å². The van der Waals surface area contributed by atoms with E-state index in [1.54, 1.807) is 38.2 Å². The van der Waals surface area contributed by atoms with Crippen molar-refractivity contribution >= 4 is 11.0 Å². The van der Waals surface area contributed by atoms with Crippen molar-refractivity contribution in [2.45, 2.75) is 26.3 Å². The molecule has 4 aromatic rings. The molecule has 9 heteroatoms. The zero-order valence-corrected chi connectivity index (χ0v) is 15.4. The second-order valence-electron chi connectivity index (χ2n) is 6.34. The highest BCUT2D eigenvalue weighted by molar-refractivity contribution is 5.87. The second kappa shape index (κ2) is 7.16. The van der Waals surface area contributed by atoms with Gasteiger partial charge >= 0.3 is 6.36 Å². The summed E-state index contributed by atoms with van der Waals surface area (Å²) in [6, 6.07) is 10.9. The highest BCUT2D eigenvalue weighted by Gasteiger charge is 2.31. The molecule has 0 amide bonds. The Bertz CT molecular complexity index is 1130. The van der Waals surface area contributed by atoms with E-state index in [4.69, 9.17) is 13.7 Å². The third-order valence-electron chi connectivity index (χ3n) is 4.13. The van der Waals surface area contributed by atoms with Gasteiger partial charge in [0.2, 0.25) is 5.89 Å². The van der Waals surface area contributed by atoms with E-state index in [1.165, 1.54) is 24.3 Å². The Hall–Kier alpha value is -3.49. The fourth-order valence-electron chi connectivity index (χ4n) is 2.81. The summed E-state index contributed by atoms with van der Waals surface area (Å²) in [6.07, 6.45) is -3.62. The minimum atomic E-state index is -4.73. The first-order valence-corrected chi connectivity index (χ1v) is 8.63. The van der Waals surface area contributed by atoms with Gasteiger partial charge in [-0.05, 0) is 54.4 Å². The summed E-state index contributed by atoms with van der Waals surface area (Å²) in [7, 11) is 0. The Morgan fingerprint density at radius 3 is 2.41 bits per heavy atom. The van der Waals surface area contributed by atoms with Gasteiger partial charge in [-0.2, -0.15) is 0 Å². The van der Waals surface area contributed by atoms with E-state index in [0.717, 1.165) is 5.56 Å². The maximum atomic E-state index is 12.3. The number of benzene rings is 2. The summed E-state index contributed by atoms with van der Waals surface area (Å²) in [4.78, 5) is 4.13. The van der Waals surface area contributed by atoms with Gasteiger partial charge in [0, 0.05) is 0 Å². The molecule has 6 nitrogen and oxygen atoms in total. The molecule has 0 N–H and O–H groups in total. The molecule has 29 heavy (non-hydrogen) atoms. The fourth-order valence-corrected chi connectivity index (χ4v) is 2.81. The molecule has 0 aliphatic rings. The SMILES string of the molecule is Cc1cnc(C(C)Oc2noc3ccc(-c4ccc(OC(F)(F)F)cc4)cc23)o1. The van der Waals surface area contributed by atoms with Gasteiger partial charge in [0.25, 0.3) is 5.88 Å². The Morgan fingerprint density at radius 1 is 1.03 bits per heavy atom. The van der Waals surface area contributed by atoms with Crippen molar-refractivity contribution in [3.05, 3.63) is 60.3 Å². The summed E-state index contributed by atoms with van der Waals surface area (Å²) in [5, 5.41) is 4.56. The Kier molecular flexibility index (Phi) is 4.65. The van der Waals surface area contributed by atoms with Crippen LogP contribution in [0.1, 0.15) is 24.7 Å². The maximum Gasteiger partial charge on any atom is 0.573 e. The first kappa shape index (κ1) is 18.9. The smallest absolute Gasteiger partial charge is 0.462 e. The highest BCUT2D eigenvalue weighted by Crippen LogP contribution is 2.33. The predicted octanol–water partition coefficient (Wildman–Crippen LogP) is 5.83. The number of aromatic nitrogens is 2. The van der Waals surface area contributed by atoms with Crippen LogP contribution in [-0.4, -0.2) is 16.5 Å². The Balaban J connectivity index is 1.60. The van der Waals surface area contributed by atoms with E-state index in [-0.39, 0.29) is 11.6 Å². The fraction of sp³-hybridized carbons (Fsp3) is 0.200. The van der Waals surface area contributed by atoms with Crippen LogP contribution in [0.5, 0.6) is 11.6 Å². The molecular weight excluding hydrogens is 389 g/mol. The number of aryl methyl sites for hydroxylation is 1. The molecule has 2 aromatic heterocycles. The molecular formula is C20H15F3N2O4. The molecule has 0 radical (unpaired) electrons. The van der Waals surface area contributed by atoms with Crippen molar-refractivity contribution in [2.24, 2.45) is 0 Å². The number of oxazole rings is 1. The number of hydrogen-bond donors (Lipinski definition) is 0.